The Hall–Kier alpha value is -2.69. The molecular formula is C19H23ClN6O3S. The maximum atomic E-state index is 12.4. The van der Waals surface area contributed by atoms with E-state index in [1.165, 1.54) is 25.3 Å². The van der Waals surface area contributed by atoms with Crippen molar-refractivity contribution in [1.29, 1.82) is 0 Å². The van der Waals surface area contributed by atoms with Crippen LogP contribution in [0.5, 0.6) is 5.75 Å². The van der Waals surface area contributed by atoms with Crippen molar-refractivity contribution < 1.29 is 13.2 Å². The zero-order valence-electron chi connectivity index (χ0n) is 17.1. The number of hydrogen-bond donors (Lipinski definition) is 2. The Balaban J connectivity index is 1.56. The molecule has 2 N–H and O–H groups in total. The molecule has 0 aliphatic heterocycles. The fourth-order valence-corrected chi connectivity index (χ4v) is 4.13. The van der Waals surface area contributed by atoms with Crippen LogP contribution in [0.15, 0.2) is 35.2 Å². The van der Waals surface area contributed by atoms with Crippen molar-refractivity contribution in [1.82, 2.24) is 24.7 Å². The number of nitrogens with one attached hydrogen (secondary N) is 2. The zero-order chi connectivity index (χ0) is 21.9. The molecule has 3 rings (SSSR count). The predicted octanol–water partition coefficient (Wildman–Crippen LogP) is 2.64. The summed E-state index contributed by atoms with van der Waals surface area (Å²) in [5.41, 5.74) is 3.07. The number of hydrogen-bond acceptors (Lipinski definition) is 7. The average molecular weight is 451 g/mol. The number of ether oxygens (including phenoxy) is 1. The first-order chi connectivity index (χ1) is 14.2. The van der Waals surface area contributed by atoms with Gasteiger partial charge in [-0.3, -0.25) is 0 Å². The molecule has 0 bridgehead atoms. The van der Waals surface area contributed by atoms with Gasteiger partial charge >= 0.3 is 0 Å². The molecule has 0 atom stereocenters. The van der Waals surface area contributed by atoms with Crippen LogP contribution in [0.1, 0.15) is 17.0 Å². The normalized spacial score (nSPS) is 11.5. The number of rotatable bonds is 8. The van der Waals surface area contributed by atoms with Crippen LogP contribution in [-0.2, 0) is 10.0 Å². The van der Waals surface area contributed by atoms with E-state index < -0.39 is 10.0 Å². The highest BCUT2D eigenvalue weighted by molar-refractivity contribution is 7.89. The minimum absolute atomic E-state index is 0.0672. The molecule has 9 nitrogen and oxygen atoms in total. The van der Waals surface area contributed by atoms with Crippen molar-refractivity contribution >= 4 is 27.4 Å². The van der Waals surface area contributed by atoms with Gasteiger partial charge in [-0.15, -0.1) is 10.2 Å². The molecule has 0 saturated carbocycles. The monoisotopic (exact) mass is 450 g/mol. The lowest BCUT2D eigenvalue weighted by molar-refractivity contribution is 0.414. The molecule has 0 radical (unpaired) electrons. The van der Waals surface area contributed by atoms with E-state index in [0.717, 1.165) is 17.0 Å². The number of aryl methyl sites for hydroxylation is 1. The van der Waals surface area contributed by atoms with E-state index in [-0.39, 0.29) is 16.5 Å². The fourth-order valence-electron chi connectivity index (χ4n) is 2.75. The van der Waals surface area contributed by atoms with Crippen LogP contribution in [-0.4, -0.2) is 48.6 Å². The second kappa shape index (κ2) is 8.99. The summed E-state index contributed by atoms with van der Waals surface area (Å²) in [5, 5.41) is 16.0. The number of methoxy groups -OCH3 is 1. The molecule has 1 aromatic carbocycles. The Labute approximate surface area is 180 Å². The van der Waals surface area contributed by atoms with E-state index in [4.69, 9.17) is 16.3 Å². The van der Waals surface area contributed by atoms with E-state index >= 15 is 0 Å². The minimum atomic E-state index is -3.69. The third-order valence-electron chi connectivity index (χ3n) is 4.68. The number of anilines is 1. The third-order valence-corrected chi connectivity index (χ3v) is 6.43. The van der Waals surface area contributed by atoms with Crippen LogP contribution < -0.4 is 14.8 Å². The van der Waals surface area contributed by atoms with Crippen molar-refractivity contribution in [3.63, 3.8) is 0 Å². The van der Waals surface area contributed by atoms with Gasteiger partial charge in [-0.2, -0.15) is 5.10 Å². The van der Waals surface area contributed by atoms with Crippen molar-refractivity contribution in [3.05, 3.63) is 52.3 Å². The lowest BCUT2D eigenvalue weighted by atomic mass is 10.2. The summed E-state index contributed by atoms with van der Waals surface area (Å²) in [6.07, 6.45) is 0. The van der Waals surface area contributed by atoms with Crippen LogP contribution in [0.25, 0.3) is 5.82 Å². The fraction of sp³-hybridized carbons (Fsp3) is 0.316. The Kier molecular flexibility index (Phi) is 6.59. The van der Waals surface area contributed by atoms with Gasteiger partial charge in [-0.05, 0) is 56.7 Å². The van der Waals surface area contributed by atoms with Gasteiger partial charge in [-0.1, -0.05) is 11.6 Å². The van der Waals surface area contributed by atoms with Gasteiger partial charge in [0.1, 0.15) is 11.6 Å². The number of aromatic nitrogens is 4. The Bertz CT molecular complexity index is 1150. The van der Waals surface area contributed by atoms with Crippen LogP contribution in [0.2, 0.25) is 5.02 Å². The van der Waals surface area contributed by atoms with Crippen LogP contribution in [0, 0.1) is 20.8 Å². The first kappa shape index (κ1) is 22.0. The van der Waals surface area contributed by atoms with Gasteiger partial charge in [0.25, 0.3) is 0 Å². The molecule has 160 valence electrons. The molecule has 0 spiro atoms. The summed E-state index contributed by atoms with van der Waals surface area (Å²) in [7, 11) is -2.22. The number of benzene rings is 1. The van der Waals surface area contributed by atoms with E-state index in [0.29, 0.717) is 23.9 Å². The maximum Gasteiger partial charge on any atom is 0.240 e. The largest absolute Gasteiger partial charge is 0.495 e. The van der Waals surface area contributed by atoms with E-state index in [1.54, 1.807) is 16.8 Å². The predicted molar refractivity (Wildman–Crippen MR) is 115 cm³/mol. The van der Waals surface area contributed by atoms with E-state index in [9.17, 15) is 8.42 Å². The molecule has 0 saturated heterocycles. The lowest BCUT2D eigenvalue weighted by Gasteiger charge is -2.10. The highest BCUT2D eigenvalue weighted by atomic mass is 35.5. The quantitative estimate of drug-likeness (QED) is 0.507. The summed E-state index contributed by atoms with van der Waals surface area (Å²) >= 11 is 6.00. The molecule has 0 unspecified atom stereocenters. The second-order valence-electron chi connectivity index (χ2n) is 6.61. The van der Waals surface area contributed by atoms with Crippen LogP contribution in [0.4, 0.5) is 5.82 Å². The first-order valence-electron chi connectivity index (χ1n) is 9.17. The average Bonchev–Trinajstić information content (AvgIpc) is 2.99. The molecule has 0 aliphatic carbocycles. The SMILES string of the molecule is COc1ccc(S(=O)(=O)NCCNc2ccc(-n3nc(C)c(C)c3C)nn2)cc1Cl. The lowest BCUT2D eigenvalue weighted by Crippen LogP contribution is -2.29. The Morgan fingerprint density at radius 2 is 1.87 bits per heavy atom. The van der Waals surface area contributed by atoms with Gasteiger partial charge in [0, 0.05) is 18.8 Å². The van der Waals surface area contributed by atoms with Crippen LogP contribution in [0.3, 0.4) is 0 Å². The molecular weight excluding hydrogens is 428 g/mol. The van der Waals surface area contributed by atoms with Gasteiger partial charge in [-0.25, -0.2) is 17.8 Å². The minimum Gasteiger partial charge on any atom is -0.495 e. The summed E-state index contributed by atoms with van der Waals surface area (Å²) in [4.78, 5) is 0.0672. The summed E-state index contributed by atoms with van der Waals surface area (Å²) in [6.45, 7) is 6.43. The van der Waals surface area contributed by atoms with Crippen molar-refractivity contribution in [2.45, 2.75) is 25.7 Å². The molecule has 30 heavy (non-hydrogen) atoms. The molecule has 2 heterocycles. The smallest absolute Gasteiger partial charge is 0.240 e. The van der Waals surface area contributed by atoms with Gasteiger partial charge in [0.05, 0.1) is 22.7 Å². The summed E-state index contributed by atoms with van der Waals surface area (Å²) in [6, 6.07) is 7.87. The van der Waals surface area contributed by atoms with Gasteiger partial charge < -0.3 is 10.1 Å². The van der Waals surface area contributed by atoms with E-state index in [1.807, 2.05) is 20.8 Å². The molecule has 11 heteroatoms. The third kappa shape index (κ3) is 4.72. The highest BCUT2D eigenvalue weighted by Gasteiger charge is 2.15. The molecule has 0 fully saturated rings. The Morgan fingerprint density at radius 3 is 2.43 bits per heavy atom. The van der Waals surface area contributed by atoms with Gasteiger partial charge in [0.2, 0.25) is 10.0 Å². The number of halogens is 1. The maximum absolute atomic E-state index is 12.4. The van der Waals surface area contributed by atoms with E-state index in [2.05, 4.69) is 25.3 Å². The van der Waals surface area contributed by atoms with Crippen molar-refractivity contribution in [2.24, 2.45) is 0 Å². The van der Waals surface area contributed by atoms with Crippen molar-refractivity contribution in [2.75, 3.05) is 25.5 Å². The number of nitrogens with zero attached hydrogens (tertiary/aromatic N) is 4. The summed E-state index contributed by atoms with van der Waals surface area (Å²) < 4.78 is 34.1. The zero-order valence-corrected chi connectivity index (χ0v) is 18.7. The topological polar surface area (TPSA) is 111 Å². The second-order valence-corrected chi connectivity index (χ2v) is 8.78. The molecule has 2 aromatic heterocycles. The molecule has 0 aliphatic rings. The standard InChI is InChI=1S/C19H23ClN6O3S/c1-12-13(2)25-26(14(12)3)19-8-7-18(23-24-19)21-9-10-22-30(27,28)15-5-6-17(29-4)16(20)11-15/h5-8,11,22H,9-10H2,1-4H3,(H,21,23). The molecule has 3 aromatic rings. The number of sulfonamides is 1. The first-order valence-corrected chi connectivity index (χ1v) is 11.0. The Morgan fingerprint density at radius 1 is 1.10 bits per heavy atom. The van der Waals surface area contributed by atoms with Crippen molar-refractivity contribution in [3.8, 4) is 11.6 Å². The van der Waals surface area contributed by atoms with Gasteiger partial charge in [0.15, 0.2) is 5.82 Å². The highest BCUT2D eigenvalue weighted by Crippen LogP contribution is 2.26. The molecule has 0 amide bonds. The summed E-state index contributed by atoms with van der Waals surface area (Å²) in [5.74, 6) is 1.56. The van der Waals surface area contributed by atoms with Crippen LogP contribution >= 0.6 is 11.6 Å².